The number of alkyl halides is 3. The molecule has 0 spiro atoms. The van der Waals surface area contributed by atoms with E-state index in [1.807, 2.05) is 0 Å². The van der Waals surface area contributed by atoms with Crippen molar-refractivity contribution >= 4 is 27.2 Å². The summed E-state index contributed by atoms with van der Waals surface area (Å²) in [6.45, 7) is 1.49. The van der Waals surface area contributed by atoms with Gasteiger partial charge in [-0.2, -0.15) is 13.2 Å². The molecular weight excluding hydrogens is 359 g/mol. The first-order valence-corrected chi connectivity index (χ1v) is 8.81. The third-order valence-electron chi connectivity index (χ3n) is 3.45. The normalized spacial score (nSPS) is 12.0. The third kappa shape index (κ3) is 4.30. The van der Waals surface area contributed by atoms with Gasteiger partial charge in [-0.05, 0) is 48.9 Å². The predicted molar refractivity (Wildman–Crippen MR) is 86.0 cm³/mol. The molecule has 0 aromatic heterocycles. The molecular formula is C16H14F3NO4S. The van der Waals surface area contributed by atoms with Gasteiger partial charge in [0.2, 0.25) is 0 Å². The molecule has 0 bridgehead atoms. The SMILES string of the molecule is Cc1cc(Nc2ccc(C(F)(F)F)cc2)c(S(C)(=O)=O)cc1C(=O)O. The van der Waals surface area contributed by atoms with Crippen LogP contribution in [0.4, 0.5) is 24.5 Å². The molecule has 2 N–H and O–H groups in total. The van der Waals surface area contributed by atoms with Crippen LogP contribution in [0.2, 0.25) is 0 Å². The largest absolute Gasteiger partial charge is 0.478 e. The summed E-state index contributed by atoms with van der Waals surface area (Å²) in [5.74, 6) is -1.27. The van der Waals surface area contributed by atoms with E-state index in [9.17, 15) is 26.4 Å². The Morgan fingerprint density at radius 2 is 1.68 bits per heavy atom. The number of carboxylic acids is 1. The van der Waals surface area contributed by atoms with Crippen LogP contribution in [0.5, 0.6) is 0 Å². The number of aryl methyl sites for hydroxylation is 1. The fourth-order valence-electron chi connectivity index (χ4n) is 2.22. The highest BCUT2D eigenvalue weighted by Gasteiger charge is 2.30. The van der Waals surface area contributed by atoms with Gasteiger partial charge in [-0.1, -0.05) is 0 Å². The zero-order chi connectivity index (χ0) is 19.0. The minimum Gasteiger partial charge on any atom is -0.478 e. The van der Waals surface area contributed by atoms with Crippen LogP contribution in [-0.4, -0.2) is 25.7 Å². The van der Waals surface area contributed by atoms with Crippen LogP contribution in [0, 0.1) is 6.92 Å². The molecule has 0 heterocycles. The Labute approximate surface area is 142 Å². The van der Waals surface area contributed by atoms with Crippen LogP contribution >= 0.6 is 0 Å². The van der Waals surface area contributed by atoms with Crippen LogP contribution < -0.4 is 5.32 Å². The molecule has 134 valence electrons. The molecule has 2 aromatic carbocycles. The summed E-state index contributed by atoms with van der Waals surface area (Å²) in [5, 5.41) is 11.8. The van der Waals surface area contributed by atoms with E-state index in [1.165, 1.54) is 13.0 Å². The number of nitrogens with one attached hydrogen (secondary N) is 1. The number of carbonyl (C=O) groups is 1. The van der Waals surface area contributed by atoms with Gasteiger partial charge in [0.25, 0.3) is 0 Å². The van der Waals surface area contributed by atoms with E-state index in [4.69, 9.17) is 5.11 Å². The molecule has 5 nitrogen and oxygen atoms in total. The average molecular weight is 373 g/mol. The van der Waals surface area contributed by atoms with Crippen molar-refractivity contribution in [1.82, 2.24) is 0 Å². The maximum Gasteiger partial charge on any atom is 0.416 e. The van der Waals surface area contributed by atoms with Gasteiger partial charge < -0.3 is 10.4 Å². The number of carboxylic acid groups (broad SMARTS) is 1. The monoisotopic (exact) mass is 373 g/mol. The molecule has 0 saturated heterocycles. The Balaban J connectivity index is 2.49. The summed E-state index contributed by atoms with van der Waals surface area (Å²) in [5.41, 5.74) is -0.364. The predicted octanol–water partition coefficient (Wildman–Crippen LogP) is 3.86. The van der Waals surface area contributed by atoms with Crippen LogP contribution in [0.15, 0.2) is 41.3 Å². The number of hydrogen-bond acceptors (Lipinski definition) is 4. The summed E-state index contributed by atoms with van der Waals surface area (Å²) in [7, 11) is -3.76. The zero-order valence-corrected chi connectivity index (χ0v) is 14.0. The van der Waals surface area contributed by atoms with Crippen molar-refractivity contribution in [2.24, 2.45) is 0 Å². The standard InChI is InChI=1S/C16H14F3NO4S/c1-9-7-13(14(25(2,23)24)8-12(9)15(21)22)20-11-5-3-10(4-6-11)16(17,18)19/h3-8,20H,1-2H3,(H,21,22). The van der Waals surface area contributed by atoms with E-state index in [-0.39, 0.29) is 21.8 Å². The Kier molecular flexibility index (Phi) is 4.81. The van der Waals surface area contributed by atoms with Gasteiger partial charge in [0.15, 0.2) is 9.84 Å². The second-order valence-corrected chi connectivity index (χ2v) is 7.42. The second kappa shape index (κ2) is 6.40. The second-order valence-electron chi connectivity index (χ2n) is 5.44. The molecule has 2 aromatic rings. The minimum atomic E-state index is -4.48. The number of halogens is 3. The lowest BCUT2D eigenvalue weighted by Crippen LogP contribution is -2.08. The maximum atomic E-state index is 12.6. The number of anilines is 2. The smallest absolute Gasteiger partial charge is 0.416 e. The van der Waals surface area contributed by atoms with E-state index >= 15 is 0 Å². The number of sulfone groups is 1. The Morgan fingerprint density at radius 3 is 2.12 bits per heavy atom. The number of hydrogen-bond donors (Lipinski definition) is 2. The van der Waals surface area contributed by atoms with E-state index in [0.717, 1.165) is 36.6 Å². The van der Waals surface area contributed by atoms with Gasteiger partial charge in [0.05, 0.1) is 21.7 Å². The fourth-order valence-corrected chi connectivity index (χ4v) is 3.06. The Hall–Kier alpha value is -2.55. The van der Waals surface area contributed by atoms with Crippen LogP contribution in [0.3, 0.4) is 0 Å². The van der Waals surface area contributed by atoms with E-state index < -0.39 is 27.5 Å². The highest BCUT2D eigenvalue weighted by molar-refractivity contribution is 7.90. The van der Waals surface area contributed by atoms with E-state index in [0.29, 0.717) is 5.56 Å². The van der Waals surface area contributed by atoms with Crippen LogP contribution in [0.1, 0.15) is 21.5 Å². The molecule has 0 fully saturated rings. The molecule has 0 aliphatic heterocycles. The van der Waals surface area contributed by atoms with Crippen molar-refractivity contribution in [3.63, 3.8) is 0 Å². The summed E-state index contributed by atoms with van der Waals surface area (Å²) < 4.78 is 61.6. The van der Waals surface area contributed by atoms with Gasteiger partial charge in [-0.15, -0.1) is 0 Å². The summed E-state index contributed by atoms with van der Waals surface area (Å²) in [4.78, 5) is 10.9. The first-order chi connectivity index (χ1) is 11.4. The highest BCUT2D eigenvalue weighted by atomic mass is 32.2. The van der Waals surface area contributed by atoms with Gasteiger partial charge in [-0.3, -0.25) is 0 Å². The highest BCUT2D eigenvalue weighted by Crippen LogP contribution is 2.32. The lowest BCUT2D eigenvalue weighted by Gasteiger charge is -2.14. The molecule has 0 unspecified atom stereocenters. The first-order valence-electron chi connectivity index (χ1n) is 6.92. The molecule has 0 radical (unpaired) electrons. The molecule has 9 heteroatoms. The van der Waals surface area contributed by atoms with Crippen molar-refractivity contribution < 1.29 is 31.5 Å². The van der Waals surface area contributed by atoms with Crippen LogP contribution in [-0.2, 0) is 16.0 Å². The van der Waals surface area contributed by atoms with Crippen molar-refractivity contribution in [2.45, 2.75) is 18.0 Å². The van der Waals surface area contributed by atoms with Crippen molar-refractivity contribution in [3.05, 3.63) is 53.1 Å². The third-order valence-corrected chi connectivity index (χ3v) is 4.58. The van der Waals surface area contributed by atoms with E-state index in [1.54, 1.807) is 0 Å². The molecule has 0 aliphatic rings. The molecule has 0 amide bonds. The molecule has 2 rings (SSSR count). The van der Waals surface area contributed by atoms with Crippen LogP contribution in [0.25, 0.3) is 0 Å². The molecule has 0 aliphatic carbocycles. The van der Waals surface area contributed by atoms with Gasteiger partial charge in [0.1, 0.15) is 0 Å². The average Bonchev–Trinajstić information content (AvgIpc) is 2.45. The lowest BCUT2D eigenvalue weighted by atomic mass is 10.1. The van der Waals surface area contributed by atoms with E-state index in [2.05, 4.69) is 5.32 Å². The van der Waals surface area contributed by atoms with Crippen molar-refractivity contribution in [2.75, 3.05) is 11.6 Å². The Morgan fingerprint density at radius 1 is 1.12 bits per heavy atom. The van der Waals surface area contributed by atoms with Gasteiger partial charge in [-0.25, -0.2) is 13.2 Å². The summed E-state index contributed by atoms with van der Waals surface area (Å²) in [6.07, 6.45) is -3.56. The topological polar surface area (TPSA) is 83.5 Å². The minimum absolute atomic E-state index is 0.0877. The number of benzene rings is 2. The maximum absolute atomic E-state index is 12.6. The zero-order valence-electron chi connectivity index (χ0n) is 13.2. The fraction of sp³-hybridized carbons (Fsp3) is 0.188. The number of aromatic carboxylic acids is 1. The summed E-state index contributed by atoms with van der Waals surface area (Å²) >= 11 is 0. The lowest BCUT2D eigenvalue weighted by molar-refractivity contribution is -0.137. The first kappa shape index (κ1) is 18.8. The molecule has 0 saturated carbocycles. The van der Waals surface area contributed by atoms with Crippen molar-refractivity contribution in [1.29, 1.82) is 0 Å². The van der Waals surface area contributed by atoms with Gasteiger partial charge in [0, 0.05) is 11.9 Å². The van der Waals surface area contributed by atoms with Gasteiger partial charge >= 0.3 is 12.1 Å². The van der Waals surface area contributed by atoms with Crippen molar-refractivity contribution in [3.8, 4) is 0 Å². The number of rotatable bonds is 4. The summed E-state index contributed by atoms with van der Waals surface area (Å²) in [6, 6.07) is 6.41. The quantitative estimate of drug-likeness (QED) is 0.850. The Bertz CT molecular complexity index is 920. The molecule has 0 atom stereocenters. The molecule has 25 heavy (non-hydrogen) atoms.